The Hall–Kier alpha value is -2.96. The molecule has 1 saturated heterocycles. The molecule has 0 N–H and O–H groups in total. The molecule has 25 heavy (non-hydrogen) atoms. The molecule has 7 nitrogen and oxygen atoms in total. The zero-order valence-corrected chi connectivity index (χ0v) is 14.3. The molecule has 1 fully saturated rings. The van der Waals surface area contributed by atoms with Crippen LogP contribution in [-0.2, 0) is 7.05 Å². The Bertz CT molecular complexity index is 912. The van der Waals surface area contributed by atoms with Crippen LogP contribution in [0.2, 0.25) is 0 Å². The molecule has 3 aromatic rings. The first kappa shape index (κ1) is 15.6. The number of hydrogen-bond acceptors (Lipinski definition) is 4. The van der Waals surface area contributed by atoms with Crippen molar-refractivity contribution < 1.29 is 4.79 Å². The summed E-state index contributed by atoms with van der Waals surface area (Å²) in [6, 6.07) is 7.94. The molecule has 7 heteroatoms. The summed E-state index contributed by atoms with van der Waals surface area (Å²) in [7, 11) is 1.89. The molecule has 1 aliphatic heterocycles. The van der Waals surface area contributed by atoms with Crippen LogP contribution in [-0.4, -0.2) is 42.1 Å². The zero-order valence-electron chi connectivity index (χ0n) is 14.3. The second-order valence-corrected chi connectivity index (χ2v) is 6.46. The van der Waals surface area contributed by atoms with E-state index in [1.54, 1.807) is 10.9 Å². The quantitative estimate of drug-likeness (QED) is 0.736. The molecule has 4 rings (SSSR count). The Labute approximate surface area is 145 Å². The minimum Gasteiger partial charge on any atom is -0.330 e. The minimum absolute atomic E-state index is 0.0605. The van der Waals surface area contributed by atoms with E-state index in [1.165, 1.54) is 4.80 Å². The van der Waals surface area contributed by atoms with E-state index in [-0.39, 0.29) is 11.9 Å². The number of carbonyl (C=O) groups excluding carboxylic acids is 1. The maximum Gasteiger partial charge on any atom is 0.276 e. The number of rotatable bonds is 3. The fourth-order valence-electron chi connectivity index (χ4n) is 3.35. The van der Waals surface area contributed by atoms with E-state index < -0.39 is 0 Å². The van der Waals surface area contributed by atoms with Crippen molar-refractivity contribution in [1.82, 2.24) is 29.7 Å². The number of aryl methyl sites for hydroxylation is 2. The van der Waals surface area contributed by atoms with Gasteiger partial charge in [-0.2, -0.15) is 15.0 Å². The van der Waals surface area contributed by atoms with Gasteiger partial charge in [-0.3, -0.25) is 9.48 Å². The van der Waals surface area contributed by atoms with Crippen molar-refractivity contribution in [2.24, 2.45) is 7.05 Å². The van der Waals surface area contributed by atoms with Crippen LogP contribution in [0, 0.1) is 6.92 Å². The molecule has 0 spiro atoms. The third-order valence-electron chi connectivity index (χ3n) is 4.57. The van der Waals surface area contributed by atoms with Crippen LogP contribution in [0.3, 0.4) is 0 Å². The van der Waals surface area contributed by atoms with Gasteiger partial charge in [-0.15, -0.1) is 5.10 Å². The largest absolute Gasteiger partial charge is 0.330 e. The number of likely N-dealkylation sites (tertiary alicyclic amines) is 1. The monoisotopic (exact) mass is 336 g/mol. The topological polar surface area (TPSA) is 68.8 Å². The van der Waals surface area contributed by atoms with E-state index in [0.717, 1.165) is 36.2 Å². The first-order valence-electron chi connectivity index (χ1n) is 8.41. The van der Waals surface area contributed by atoms with E-state index >= 15 is 0 Å². The van der Waals surface area contributed by atoms with Crippen LogP contribution in [0.15, 0.2) is 42.9 Å². The number of hydrogen-bond donors (Lipinski definition) is 0. The Morgan fingerprint density at radius 2 is 2.12 bits per heavy atom. The van der Waals surface area contributed by atoms with Gasteiger partial charge in [-0.25, -0.2) is 0 Å². The van der Waals surface area contributed by atoms with Crippen LogP contribution in [0.5, 0.6) is 0 Å². The molecule has 2 aromatic heterocycles. The summed E-state index contributed by atoms with van der Waals surface area (Å²) in [5.74, 6) is -0.0785. The van der Waals surface area contributed by atoms with Crippen LogP contribution < -0.4 is 0 Å². The van der Waals surface area contributed by atoms with Crippen LogP contribution >= 0.6 is 0 Å². The van der Waals surface area contributed by atoms with E-state index in [2.05, 4.69) is 15.3 Å². The maximum atomic E-state index is 12.9. The Morgan fingerprint density at radius 3 is 2.88 bits per heavy atom. The van der Waals surface area contributed by atoms with Gasteiger partial charge < -0.3 is 4.90 Å². The van der Waals surface area contributed by atoms with Crippen molar-refractivity contribution in [3.63, 3.8) is 0 Å². The van der Waals surface area contributed by atoms with Crippen molar-refractivity contribution >= 4 is 5.91 Å². The van der Waals surface area contributed by atoms with Gasteiger partial charge in [0, 0.05) is 25.4 Å². The molecule has 128 valence electrons. The molecule has 1 aromatic carbocycles. The summed E-state index contributed by atoms with van der Waals surface area (Å²) >= 11 is 0. The van der Waals surface area contributed by atoms with E-state index in [4.69, 9.17) is 0 Å². The molecule has 0 saturated carbocycles. The highest BCUT2D eigenvalue weighted by Crippen LogP contribution is 2.32. The number of aromatic nitrogens is 5. The predicted molar refractivity (Wildman–Crippen MR) is 92.3 cm³/mol. The summed E-state index contributed by atoms with van der Waals surface area (Å²) < 4.78 is 1.77. The lowest BCUT2D eigenvalue weighted by atomic mass is 10.1. The Morgan fingerprint density at radius 1 is 1.24 bits per heavy atom. The van der Waals surface area contributed by atoms with E-state index in [1.807, 2.05) is 55.5 Å². The number of carbonyl (C=O) groups is 1. The fourth-order valence-corrected chi connectivity index (χ4v) is 3.35. The Kier molecular flexibility index (Phi) is 3.83. The van der Waals surface area contributed by atoms with Gasteiger partial charge in [0.1, 0.15) is 0 Å². The van der Waals surface area contributed by atoms with Gasteiger partial charge in [0.25, 0.3) is 5.91 Å². The summed E-state index contributed by atoms with van der Waals surface area (Å²) in [6.07, 6.45) is 7.28. The van der Waals surface area contributed by atoms with E-state index in [0.29, 0.717) is 5.69 Å². The van der Waals surface area contributed by atoms with E-state index in [9.17, 15) is 4.79 Å². The minimum atomic E-state index is -0.0785. The van der Waals surface area contributed by atoms with Crippen molar-refractivity contribution in [2.45, 2.75) is 25.8 Å². The maximum absolute atomic E-state index is 12.9. The predicted octanol–water partition coefficient (Wildman–Crippen LogP) is 2.29. The van der Waals surface area contributed by atoms with Crippen molar-refractivity contribution in [2.75, 3.05) is 6.54 Å². The molecule has 1 amide bonds. The third-order valence-corrected chi connectivity index (χ3v) is 4.57. The molecule has 0 radical (unpaired) electrons. The summed E-state index contributed by atoms with van der Waals surface area (Å²) in [6.45, 7) is 2.75. The van der Waals surface area contributed by atoms with Gasteiger partial charge in [0.2, 0.25) is 0 Å². The summed E-state index contributed by atoms with van der Waals surface area (Å²) in [5.41, 5.74) is 3.42. The summed E-state index contributed by atoms with van der Waals surface area (Å²) in [4.78, 5) is 16.3. The van der Waals surface area contributed by atoms with Crippen molar-refractivity contribution in [1.29, 1.82) is 0 Å². The average Bonchev–Trinajstić information content (AvgIpc) is 3.34. The lowest BCUT2D eigenvalue weighted by molar-refractivity contribution is 0.0729. The highest BCUT2D eigenvalue weighted by Gasteiger charge is 2.32. The fraction of sp³-hybridized carbons (Fsp3) is 0.333. The van der Waals surface area contributed by atoms with Crippen molar-refractivity contribution in [3.05, 3.63) is 59.7 Å². The molecule has 0 bridgehead atoms. The lowest BCUT2D eigenvalue weighted by Gasteiger charge is -2.22. The van der Waals surface area contributed by atoms with Gasteiger partial charge >= 0.3 is 0 Å². The second kappa shape index (κ2) is 6.16. The SMILES string of the molecule is Cc1cccc(-n2ncc(C(=O)N3CCC[C@H]3c3cnn(C)c3)n2)c1. The van der Waals surface area contributed by atoms with Crippen LogP contribution in [0.4, 0.5) is 0 Å². The van der Waals surface area contributed by atoms with Crippen LogP contribution in [0.25, 0.3) is 5.69 Å². The first-order valence-corrected chi connectivity index (χ1v) is 8.41. The average molecular weight is 336 g/mol. The van der Waals surface area contributed by atoms with Gasteiger partial charge in [0.15, 0.2) is 5.69 Å². The first-order chi connectivity index (χ1) is 12.1. The molecule has 1 atom stereocenters. The van der Waals surface area contributed by atoms with Gasteiger partial charge in [-0.05, 0) is 37.5 Å². The molecular formula is C18H20N6O. The van der Waals surface area contributed by atoms with Gasteiger partial charge in [-0.1, -0.05) is 12.1 Å². The molecule has 3 heterocycles. The number of nitrogens with zero attached hydrogens (tertiary/aromatic N) is 6. The van der Waals surface area contributed by atoms with Crippen LogP contribution in [0.1, 0.15) is 40.5 Å². The normalized spacial score (nSPS) is 17.2. The summed E-state index contributed by atoms with van der Waals surface area (Å²) in [5, 5.41) is 12.9. The lowest BCUT2D eigenvalue weighted by Crippen LogP contribution is -2.30. The highest BCUT2D eigenvalue weighted by atomic mass is 16.2. The zero-order chi connectivity index (χ0) is 17.4. The standard InChI is InChI=1S/C18H20N6O/c1-13-5-3-6-15(9-13)24-20-11-16(21-24)18(25)23-8-4-7-17(23)14-10-19-22(2)12-14/h3,5-6,9-12,17H,4,7-8H2,1-2H3/t17-/m0/s1. The number of amides is 1. The smallest absolute Gasteiger partial charge is 0.276 e. The van der Waals surface area contributed by atoms with Crippen molar-refractivity contribution in [3.8, 4) is 5.69 Å². The third kappa shape index (κ3) is 2.93. The molecule has 0 aliphatic carbocycles. The highest BCUT2D eigenvalue weighted by molar-refractivity contribution is 5.92. The Balaban J connectivity index is 1.58. The van der Waals surface area contributed by atoms with Gasteiger partial charge in [0.05, 0.1) is 24.1 Å². The second-order valence-electron chi connectivity index (χ2n) is 6.46. The molecule has 0 unspecified atom stereocenters. The molecular weight excluding hydrogens is 316 g/mol. The number of benzene rings is 1. The molecule has 1 aliphatic rings.